The standard InChI is InChI=1S/C12H14N2O3/c1-12(6-17-7-12)11(16)14-9-4-2-8(3-5-9)10(13)15/h2-5H,6-7H2,1H3,(H2,13,15)(H,14,16). The molecule has 0 saturated carbocycles. The minimum Gasteiger partial charge on any atom is -0.379 e. The van der Waals surface area contributed by atoms with Crippen molar-refractivity contribution in [3.8, 4) is 0 Å². The normalized spacial score (nSPS) is 17.0. The van der Waals surface area contributed by atoms with E-state index < -0.39 is 11.3 Å². The molecule has 17 heavy (non-hydrogen) atoms. The van der Waals surface area contributed by atoms with Crippen molar-refractivity contribution in [1.29, 1.82) is 0 Å². The molecule has 5 nitrogen and oxygen atoms in total. The molecule has 0 atom stereocenters. The van der Waals surface area contributed by atoms with Crippen molar-refractivity contribution >= 4 is 17.5 Å². The van der Waals surface area contributed by atoms with Crippen LogP contribution in [0.1, 0.15) is 17.3 Å². The van der Waals surface area contributed by atoms with Crippen molar-refractivity contribution in [2.75, 3.05) is 18.5 Å². The summed E-state index contributed by atoms with van der Waals surface area (Å²) in [5.41, 5.74) is 5.74. The molecule has 1 aromatic rings. The highest BCUT2D eigenvalue weighted by molar-refractivity contribution is 5.97. The summed E-state index contributed by atoms with van der Waals surface area (Å²) in [6, 6.07) is 6.47. The summed E-state index contributed by atoms with van der Waals surface area (Å²) < 4.78 is 5.03. The molecule has 2 rings (SSSR count). The number of hydrogen-bond acceptors (Lipinski definition) is 3. The van der Waals surface area contributed by atoms with Crippen LogP contribution in [0, 0.1) is 5.41 Å². The number of anilines is 1. The molecule has 1 aliphatic heterocycles. The quantitative estimate of drug-likeness (QED) is 0.810. The first-order valence-corrected chi connectivity index (χ1v) is 5.30. The van der Waals surface area contributed by atoms with Crippen LogP contribution in [0.3, 0.4) is 0 Å². The zero-order valence-electron chi connectivity index (χ0n) is 9.53. The zero-order chi connectivity index (χ0) is 12.5. The van der Waals surface area contributed by atoms with Gasteiger partial charge in [-0.3, -0.25) is 9.59 Å². The number of carbonyl (C=O) groups is 2. The lowest BCUT2D eigenvalue weighted by Crippen LogP contribution is -2.49. The van der Waals surface area contributed by atoms with E-state index in [-0.39, 0.29) is 5.91 Å². The molecule has 90 valence electrons. The van der Waals surface area contributed by atoms with Crippen LogP contribution in [0.2, 0.25) is 0 Å². The lowest BCUT2D eigenvalue weighted by molar-refractivity contribution is -0.151. The van der Waals surface area contributed by atoms with E-state index in [2.05, 4.69) is 5.32 Å². The third kappa shape index (κ3) is 2.29. The van der Waals surface area contributed by atoms with Gasteiger partial charge >= 0.3 is 0 Å². The number of hydrogen-bond donors (Lipinski definition) is 2. The Morgan fingerprint density at radius 1 is 1.29 bits per heavy atom. The number of primary amides is 1. The Morgan fingerprint density at radius 2 is 1.88 bits per heavy atom. The summed E-state index contributed by atoms with van der Waals surface area (Å²) in [6.45, 7) is 2.74. The highest BCUT2D eigenvalue weighted by Gasteiger charge is 2.40. The van der Waals surface area contributed by atoms with E-state index in [9.17, 15) is 9.59 Å². The van der Waals surface area contributed by atoms with Crippen molar-refractivity contribution < 1.29 is 14.3 Å². The molecule has 0 radical (unpaired) electrons. The van der Waals surface area contributed by atoms with E-state index in [0.29, 0.717) is 24.5 Å². The largest absolute Gasteiger partial charge is 0.379 e. The molecule has 1 heterocycles. The van der Waals surface area contributed by atoms with Crippen molar-refractivity contribution in [3.05, 3.63) is 29.8 Å². The number of rotatable bonds is 3. The fourth-order valence-corrected chi connectivity index (χ4v) is 1.54. The van der Waals surface area contributed by atoms with Crippen molar-refractivity contribution in [2.24, 2.45) is 11.1 Å². The van der Waals surface area contributed by atoms with Gasteiger partial charge < -0.3 is 15.8 Å². The summed E-state index contributed by atoms with van der Waals surface area (Å²) in [6.07, 6.45) is 0. The van der Waals surface area contributed by atoms with Crippen molar-refractivity contribution in [1.82, 2.24) is 0 Å². The minimum absolute atomic E-state index is 0.0735. The molecule has 0 aromatic heterocycles. The molecular weight excluding hydrogens is 220 g/mol. The van der Waals surface area contributed by atoms with Gasteiger partial charge in [-0.15, -0.1) is 0 Å². The molecule has 0 aliphatic carbocycles. The minimum atomic E-state index is -0.484. The Hall–Kier alpha value is -1.88. The van der Waals surface area contributed by atoms with Gasteiger partial charge in [0.1, 0.15) is 0 Å². The number of ether oxygens (including phenoxy) is 1. The summed E-state index contributed by atoms with van der Waals surface area (Å²) >= 11 is 0. The fourth-order valence-electron chi connectivity index (χ4n) is 1.54. The first kappa shape index (κ1) is 11.6. The first-order valence-electron chi connectivity index (χ1n) is 5.30. The van der Waals surface area contributed by atoms with Crippen LogP contribution in [0.15, 0.2) is 24.3 Å². The Bertz CT molecular complexity index is 449. The van der Waals surface area contributed by atoms with Gasteiger partial charge in [-0.25, -0.2) is 0 Å². The molecule has 1 aliphatic rings. The number of benzene rings is 1. The molecule has 2 amide bonds. The smallest absolute Gasteiger partial charge is 0.248 e. The average molecular weight is 234 g/mol. The lowest BCUT2D eigenvalue weighted by Gasteiger charge is -2.36. The van der Waals surface area contributed by atoms with Gasteiger partial charge in [0.15, 0.2) is 0 Å². The van der Waals surface area contributed by atoms with Crippen LogP contribution in [0.5, 0.6) is 0 Å². The number of nitrogens with two attached hydrogens (primary N) is 1. The van der Waals surface area contributed by atoms with Crippen LogP contribution in [-0.4, -0.2) is 25.0 Å². The second kappa shape index (κ2) is 4.18. The summed E-state index contributed by atoms with van der Waals surface area (Å²) in [5.74, 6) is -0.558. The van der Waals surface area contributed by atoms with Crippen LogP contribution < -0.4 is 11.1 Å². The molecule has 1 saturated heterocycles. The highest BCUT2D eigenvalue weighted by atomic mass is 16.5. The summed E-state index contributed by atoms with van der Waals surface area (Å²) in [7, 11) is 0. The monoisotopic (exact) mass is 234 g/mol. The van der Waals surface area contributed by atoms with Crippen LogP contribution in [-0.2, 0) is 9.53 Å². The van der Waals surface area contributed by atoms with E-state index in [1.54, 1.807) is 24.3 Å². The Kier molecular flexibility index (Phi) is 2.85. The maximum atomic E-state index is 11.9. The molecule has 0 unspecified atom stereocenters. The van der Waals surface area contributed by atoms with Gasteiger partial charge in [0.05, 0.1) is 18.6 Å². The lowest BCUT2D eigenvalue weighted by atomic mass is 9.87. The molecular formula is C12H14N2O3. The highest BCUT2D eigenvalue weighted by Crippen LogP contribution is 2.28. The molecule has 0 spiro atoms. The Morgan fingerprint density at radius 3 is 2.29 bits per heavy atom. The molecule has 0 bridgehead atoms. The first-order chi connectivity index (χ1) is 8.01. The second-order valence-electron chi connectivity index (χ2n) is 4.45. The SMILES string of the molecule is CC1(C(=O)Nc2ccc(C(N)=O)cc2)COC1. The second-order valence-corrected chi connectivity index (χ2v) is 4.45. The van der Waals surface area contributed by atoms with E-state index >= 15 is 0 Å². The Balaban J connectivity index is 2.04. The van der Waals surface area contributed by atoms with Crippen molar-refractivity contribution in [2.45, 2.75) is 6.92 Å². The van der Waals surface area contributed by atoms with Crippen LogP contribution in [0.4, 0.5) is 5.69 Å². The summed E-state index contributed by atoms with van der Waals surface area (Å²) in [5, 5.41) is 2.78. The molecule has 3 N–H and O–H groups in total. The predicted octanol–water partition coefficient (Wildman–Crippen LogP) is 0.760. The van der Waals surface area contributed by atoms with Crippen molar-refractivity contribution in [3.63, 3.8) is 0 Å². The van der Waals surface area contributed by atoms with E-state index in [4.69, 9.17) is 10.5 Å². The summed E-state index contributed by atoms with van der Waals surface area (Å²) in [4.78, 5) is 22.7. The van der Waals surface area contributed by atoms with Gasteiger partial charge in [-0.1, -0.05) is 0 Å². The number of carbonyl (C=O) groups excluding carboxylic acids is 2. The fraction of sp³-hybridized carbons (Fsp3) is 0.333. The maximum Gasteiger partial charge on any atom is 0.248 e. The molecule has 5 heteroatoms. The van der Waals surface area contributed by atoms with E-state index in [1.807, 2.05) is 6.92 Å². The third-order valence-electron chi connectivity index (χ3n) is 2.82. The van der Waals surface area contributed by atoms with E-state index in [0.717, 1.165) is 0 Å². The van der Waals surface area contributed by atoms with Gasteiger partial charge in [-0.2, -0.15) is 0 Å². The number of nitrogens with one attached hydrogen (secondary N) is 1. The Labute approximate surface area is 98.9 Å². The van der Waals surface area contributed by atoms with Gasteiger partial charge in [0, 0.05) is 11.3 Å². The zero-order valence-corrected chi connectivity index (χ0v) is 9.53. The average Bonchev–Trinajstić information content (AvgIpc) is 2.26. The van der Waals surface area contributed by atoms with Gasteiger partial charge in [0.2, 0.25) is 11.8 Å². The topological polar surface area (TPSA) is 81.4 Å². The third-order valence-corrected chi connectivity index (χ3v) is 2.82. The molecule has 1 fully saturated rings. The molecule has 1 aromatic carbocycles. The number of amides is 2. The predicted molar refractivity (Wildman–Crippen MR) is 62.5 cm³/mol. The van der Waals surface area contributed by atoms with Gasteiger partial charge in [-0.05, 0) is 31.2 Å². The van der Waals surface area contributed by atoms with E-state index in [1.165, 1.54) is 0 Å². The maximum absolute atomic E-state index is 11.9. The van der Waals surface area contributed by atoms with Gasteiger partial charge in [0.25, 0.3) is 0 Å². The van der Waals surface area contributed by atoms with Crippen LogP contribution in [0.25, 0.3) is 0 Å². The van der Waals surface area contributed by atoms with Crippen LogP contribution >= 0.6 is 0 Å².